The zero-order valence-electron chi connectivity index (χ0n) is 3.89. The number of carbonyl (C=O) groups excluding carboxylic acids is 1. The summed E-state index contributed by atoms with van der Waals surface area (Å²) in [5.41, 5.74) is 0. The third kappa shape index (κ3) is 21.6. The van der Waals surface area contributed by atoms with Gasteiger partial charge in [-0.2, -0.15) is 13.5 Å². The molecule has 0 bridgehead atoms. The van der Waals surface area contributed by atoms with Crippen molar-refractivity contribution in [1.82, 2.24) is 0 Å². The standard InChI is InChI=1S/C3H2O2.Na.H2S/c1-2-3(4)5;;/h1H,(H,4,5);;1H2/q;+1;/p-1. The molecule has 0 amide bonds. The molecule has 0 saturated heterocycles. The number of hydrogen-bond acceptors (Lipinski definition) is 2. The summed E-state index contributed by atoms with van der Waals surface area (Å²) in [5, 5.41) is 9.02. The van der Waals surface area contributed by atoms with Crippen LogP contribution in [-0.2, 0) is 4.79 Å². The number of rotatable bonds is 0. The maximum atomic E-state index is 9.02. The van der Waals surface area contributed by atoms with E-state index in [0.29, 0.717) is 0 Å². The first kappa shape index (κ1) is 15.7. The van der Waals surface area contributed by atoms with Gasteiger partial charge in [0.1, 0.15) is 5.97 Å². The average Bonchev–Trinajstić information content (AvgIpc) is 1.38. The number of hydrogen-bond donors (Lipinski definition) is 0. The molecule has 0 N–H and O–H groups in total. The van der Waals surface area contributed by atoms with E-state index in [1.165, 1.54) is 5.92 Å². The summed E-state index contributed by atoms with van der Waals surface area (Å²) >= 11 is 0. The molecule has 0 atom stereocenters. The second kappa shape index (κ2) is 9.63. The first-order valence-electron chi connectivity index (χ1n) is 0.947. The van der Waals surface area contributed by atoms with Gasteiger partial charge in [-0.1, -0.05) is 5.92 Å². The number of carboxylic acids is 1. The van der Waals surface area contributed by atoms with Crippen molar-refractivity contribution in [3.05, 3.63) is 0 Å². The Balaban J connectivity index is -0.0000000800. The maximum absolute atomic E-state index is 9.02. The Labute approximate surface area is 71.0 Å². The minimum Gasteiger partial charge on any atom is -0.537 e. The van der Waals surface area contributed by atoms with E-state index in [0.717, 1.165) is 0 Å². The Morgan fingerprint density at radius 2 is 1.86 bits per heavy atom. The molecule has 0 unspecified atom stereocenters. The minimum atomic E-state index is -1.47. The molecule has 0 radical (unpaired) electrons. The molecule has 0 aromatic carbocycles. The van der Waals surface area contributed by atoms with E-state index in [2.05, 4.69) is 6.42 Å². The van der Waals surface area contributed by atoms with E-state index in [4.69, 9.17) is 9.90 Å². The zero-order valence-corrected chi connectivity index (χ0v) is 6.89. The van der Waals surface area contributed by atoms with Crippen LogP contribution in [0.2, 0.25) is 0 Å². The fourth-order valence-corrected chi connectivity index (χ4v) is 0. The van der Waals surface area contributed by atoms with E-state index < -0.39 is 5.97 Å². The molecule has 0 saturated carbocycles. The van der Waals surface area contributed by atoms with Crippen molar-refractivity contribution in [2.45, 2.75) is 0 Å². The Morgan fingerprint density at radius 3 is 1.86 bits per heavy atom. The first-order chi connectivity index (χ1) is 2.27. The Hall–Kier alpha value is 0.380. The van der Waals surface area contributed by atoms with Crippen molar-refractivity contribution in [2.24, 2.45) is 0 Å². The van der Waals surface area contributed by atoms with Crippen molar-refractivity contribution < 1.29 is 39.5 Å². The SMILES string of the molecule is C#CC(=O)[O-].S.[Na+]. The van der Waals surface area contributed by atoms with Gasteiger partial charge in [0.15, 0.2) is 0 Å². The Kier molecular flexibility index (Phi) is 21.5. The molecule has 0 aliphatic carbocycles. The van der Waals surface area contributed by atoms with Gasteiger partial charge in [0.2, 0.25) is 0 Å². The van der Waals surface area contributed by atoms with Crippen LogP contribution in [0.3, 0.4) is 0 Å². The van der Waals surface area contributed by atoms with Gasteiger partial charge >= 0.3 is 29.6 Å². The van der Waals surface area contributed by atoms with E-state index in [1.807, 2.05) is 0 Å². The van der Waals surface area contributed by atoms with E-state index in [-0.39, 0.29) is 43.1 Å². The van der Waals surface area contributed by atoms with Crippen LogP contribution in [0.5, 0.6) is 0 Å². The molecule has 0 aromatic heterocycles. The van der Waals surface area contributed by atoms with Gasteiger partial charge in [0.25, 0.3) is 0 Å². The fourth-order valence-electron chi connectivity index (χ4n) is 0. The third-order valence-corrected chi connectivity index (χ3v) is 0.118. The van der Waals surface area contributed by atoms with Crippen LogP contribution in [0.1, 0.15) is 0 Å². The van der Waals surface area contributed by atoms with Gasteiger partial charge in [-0.25, -0.2) is 0 Å². The summed E-state index contributed by atoms with van der Waals surface area (Å²) < 4.78 is 0. The fraction of sp³-hybridized carbons (Fsp3) is 0. The Morgan fingerprint density at radius 1 is 1.71 bits per heavy atom. The summed E-state index contributed by atoms with van der Waals surface area (Å²) in [4.78, 5) is 9.02. The van der Waals surface area contributed by atoms with Crippen molar-refractivity contribution in [3.8, 4) is 12.3 Å². The van der Waals surface area contributed by atoms with Crippen molar-refractivity contribution >= 4 is 19.5 Å². The van der Waals surface area contributed by atoms with Crippen LogP contribution in [0.4, 0.5) is 0 Å². The van der Waals surface area contributed by atoms with Crippen LogP contribution in [-0.4, -0.2) is 5.97 Å². The predicted molar refractivity (Wildman–Crippen MR) is 24.2 cm³/mol. The molecule has 0 fully saturated rings. The van der Waals surface area contributed by atoms with Gasteiger partial charge in [0, 0.05) is 0 Å². The zero-order chi connectivity index (χ0) is 4.28. The van der Waals surface area contributed by atoms with Gasteiger partial charge in [-0.15, -0.1) is 6.42 Å². The molecule has 0 heterocycles. The molecule has 0 aromatic rings. The topological polar surface area (TPSA) is 40.1 Å². The number of carbonyl (C=O) groups is 1. The van der Waals surface area contributed by atoms with Crippen LogP contribution in [0.15, 0.2) is 0 Å². The summed E-state index contributed by atoms with van der Waals surface area (Å²) in [6, 6.07) is 0. The minimum absolute atomic E-state index is 0. The molecule has 0 rings (SSSR count). The summed E-state index contributed by atoms with van der Waals surface area (Å²) in [6.07, 6.45) is 4.26. The summed E-state index contributed by atoms with van der Waals surface area (Å²) in [5.74, 6) is -0.134. The molecular weight excluding hydrogens is 123 g/mol. The molecule has 2 nitrogen and oxygen atoms in total. The monoisotopic (exact) mass is 126 g/mol. The van der Waals surface area contributed by atoms with Gasteiger partial charge in [0.05, 0.1) is 0 Å². The van der Waals surface area contributed by atoms with Crippen LogP contribution in [0.25, 0.3) is 0 Å². The summed E-state index contributed by atoms with van der Waals surface area (Å²) in [6.45, 7) is 0. The predicted octanol–water partition coefficient (Wildman–Crippen LogP) is -4.51. The molecule has 0 aliphatic heterocycles. The Bertz CT molecular complexity index is 85.4. The number of aliphatic carboxylic acids is 1. The van der Waals surface area contributed by atoms with Gasteiger partial charge < -0.3 is 9.90 Å². The van der Waals surface area contributed by atoms with Crippen molar-refractivity contribution in [2.75, 3.05) is 0 Å². The molecule has 34 valence electrons. The largest absolute Gasteiger partial charge is 1.00 e. The number of terminal acetylenes is 1. The van der Waals surface area contributed by atoms with E-state index in [9.17, 15) is 0 Å². The molecule has 0 spiro atoms. The van der Waals surface area contributed by atoms with Gasteiger partial charge in [-0.05, 0) is 0 Å². The van der Waals surface area contributed by atoms with Crippen molar-refractivity contribution in [3.63, 3.8) is 0 Å². The normalized spacial score (nSPS) is 3.86. The average molecular weight is 126 g/mol. The molecular formula is C3H3NaO2S. The summed E-state index contributed by atoms with van der Waals surface area (Å²) in [7, 11) is 0. The second-order valence-electron chi connectivity index (χ2n) is 0.432. The molecule has 7 heavy (non-hydrogen) atoms. The first-order valence-corrected chi connectivity index (χ1v) is 0.947. The molecule has 0 aliphatic rings. The van der Waals surface area contributed by atoms with Crippen LogP contribution < -0.4 is 34.7 Å². The molecule has 4 heteroatoms. The smallest absolute Gasteiger partial charge is 0.537 e. The number of carboxylic acid groups (broad SMARTS) is 1. The third-order valence-electron chi connectivity index (χ3n) is 0.118. The quantitative estimate of drug-likeness (QED) is 0.242. The van der Waals surface area contributed by atoms with E-state index in [1.54, 1.807) is 0 Å². The maximum Gasteiger partial charge on any atom is 1.00 e. The van der Waals surface area contributed by atoms with Gasteiger partial charge in [-0.3, -0.25) is 0 Å². The van der Waals surface area contributed by atoms with Crippen LogP contribution >= 0.6 is 13.5 Å². The second-order valence-corrected chi connectivity index (χ2v) is 0.432. The van der Waals surface area contributed by atoms with Crippen molar-refractivity contribution in [1.29, 1.82) is 0 Å². The van der Waals surface area contributed by atoms with Crippen LogP contribution in [0, 0.1) is 12.3 Å². The van der Waals surface area contributed by atoms with E-state index >= 15 is 0 Å².